The summed E-state index contributed by atoms with van der Waals surface area (Å²) in [5, 5.41) is 3.88. The summed E-state index contributed by atoms with van der Waals surface area (Å²) < 4.78 is 16.4. The molecule has 3 aromatic rings. The van der Waals surface area contributed by atoms with Gasteiger partial charge in [0.25, 0.3) is 0 Å². The largest absolute Gasteiger partial charge is 0.495 e. The minimum atomic E-state index is 0.312. The maximum atomic E-state index is 6.43. The molecule has 9 nitrogen and oxygen atoms in total. The Kier molecular flexibility index (Phi) is 9.80. The Bertz CT molecular complexity index is 1420. The minimum Gasteiger partial charge on any atom is -0.495 e. The number of halogens is 2. The first-order valence-electron chi connectivity index (χ1n) is 14.0. The Balaban J connectivity index is 1.23. The molecule has 0 unspecified atom stereocenters. The molecule has 11 heteroatoms. The molecule has 2 saturated heterocycles. The summed E-state index contributed by atoms with van der Waals surface area (Å²) in [7, 11) is 6.95. The quantitative estimate of drug-likeness (QED) is 0.365. The molecule has 0 saturated carbocycles. The number of likely N-dealkylation sites (N-methyl/N-ethyl adjacent to an activating group) is 1. The molecule has 222 valence electrons. The Morgan fingerprint density at radius 3 is 2.02 bits per heavy atom. The van der Waals surface area contributed by atoms with E-state index < -0.39 is 0 Å². The van der Waals surface area contributed by atoms with Crippen LogP contribution in [0.1, 0.15) is 24.0 Å². The van der Waals surface area contributed by atoms with Crippen LogP contribution in [0.5, 0.6) is 17.2 Å². The van der Waals surface area contributed by atoms with E-state index in [9.17, 15) is 0 Å². The van der Waals surface area contributed by atoms with E-state index in [4.69, 9.17) is 37.4 Å². The number of hydrogen-bond acceptors (Lipinski definition) is 9. The molecule has 5 rings (SSSR count). The first-order chi connectivity index (χ1) is 20.4. The fourth-order valence-corrected chi connectivity index (χ4v) is 5.99. The van der Waals surface area contributed by atoms with Gasteiger partial charge in [-0.3, -0.25) is 4.90 Å². The molecule has 0 radical (unpaired) electrons. The predicted octanol–water partition coefficient (Wildman–Crippen LogP) is 5.17. The van der Waals surface area contributed by atoms with Gasteiger partial charge < -0.3 is 29.3 Å². The zero-order chi connectivity index (χ0) is 29.6. The number of piperidine rings is 1. The van der Waals surface area contributed by atoms with Crippen molar-refractivity contribution in [3.8, 4) is 29.1 Å². The van der Waals surface area contributed by atoms with E-state index in [1.807, 2.05) is 12.1 Å². The first-order valence-corrected chi connectivity index (χ1v) is 14.7. The van der Waals surface area contributed by atoms with Crippen molar-refractivity contribution in [2.24, 2.45) is 0 Å². The van der Waals surface area contributed by atoms with Gasteiger partial charge in [-0.1, -0.05) is 35.0 Å². The third-order valence-corrected chi connectivity index (χ3v) is 8.60. The third-order valence-electron chi connectivity index (χ3n) is 7.85. The normalized spacial score (nSPS) is 16.5. The molecular formula is C31H36Cl2N6O3. The topological polar surface area (TPSA) is 75.2 Å². The number of methoxy groups -OCH3 is 3. The van der Waals surface area contributed by atoms with Crippen LogP contribution in [0.3, 0.4) is 0 Å². The molecule has 0 aliphatic carbocycles. The van der Waals surface area contributed by atoms with Crippen molar-refractivity contribution in [3.63, 3.8) is 0 Å². The Morgan fingerprint density at radius 1 is 0.810 bits per heavy atom. The van der Waals surface area contributed by atoms with Crippen LogP contribution in [0.4, 0.5) is 17.3 Å². The molecule has 0 spiro atoms. The van der Waals surface area contributed by atoms with Crippen molar-refractivity contribution in [1.82, 2.24) is 19.8 Å². The summed E-state index contributed by atoms with van der Waals surface area (Å²) >= 11 is 12.9. The summed E-state index contributed by atoms with van der Waals surface area (Å²) in [6, 6.07) is 8.41. The molecule has 2 aromatic carbocycles. The van der Waals surface area contributed by atoms with Gasteiger partial charge in [0.1, 0.15) is 17.2 Å². The fraction of sp³-hybridized carbons (Fsp3) is 0.419. The van der Waals surface area contributed by atoms with Crippen LogP contribution >= 0.6 is 23.2 Å². The number of benzene rings is 2. The Hall–Kier alpha value is -3.42. The highest BCUT2D eigenvalue weighted by molar-refractivity contribution is 6.38. The molecule has 1 N–H and O–H groups in total. The average molecular weight is 612 g/mol. The van der Waals surface area contributed by atoms with Crippen molar-refractivity contribution in [2.45, 2.75) is 18.9 Å². The van der Waals surface area contributed by atoms with E-state index >= 15 is 0 Å². The lowest BCUT2D eigenvalue weighted by Gasteiger charge is -2.42. The number of piperazine rings is 1. The summed E-state index contributed by atoms with van der Waals surface area (Å²) in [6.07, 6.45) is 5.61. The summed E-state index contributed by atoms with van der Waals surface area (Å²) in [4.78, 5) is 16.4. The first kappa shape index (κ1) is 30.1. The van der Waals surface area contributed by atoms with Crippen LogP contribution in [-0.2, 0) is 0 Å². The van der Waals surface area contributed by atoms with E-state index in [-0.39, 0.29) is 0 Å². The van der Waals surface area contributed by atoms with Crippen LogP contribution in [0.15, 0.2) is 36.7 Å². The van der Waals surface area contributed by atoms with Gasteiger partial charge in [-0.25, -0.2) is 9.97 Å². The van der Waals surface area contributed by atoms with Crippen LogP contribution < -0.4 is 24.4 Å². The number of anilines is 3. The van der Waals surface area contributed by atoms with Gasteiger partial charge in [0.15, 0.2) is 0 Å². The second kappa shape index (κ2) is 13.7. The van der Waals surface area contributed by atoms with E-state index in [2.05, 4.69) is 54.9 Å². The van der Waals surface area contributed by atoms with Gasteiger partial charge in [0, 0.05) is 75.5 Å². The van der Waals surface area contributed by atoms with Gasteiger partial charge in [0.2, 0.25) is 5.95 Å². The molecule has 0 bridgehead atoms. The van der Waals surface area contributed by atoms with Gasteiger partial charge in [-0.15, -0.1) is 0 Å². The molecule has 2 aliphatic rings. The lowest BCUT2D eigenvalue weighted by atomic mass is 10.0. The number of rotatable bonds is 7. The van der Waals surface area contributed by atoms with Crippen LogP contribution in [0.2, 0.25) is 10.0 Å². The number of ether oxygens (including phenoxy) is 3. The van der Waals surface area contributed by atoms with Crippen molar-refractivity contribution >= 4 is 40.5 Å². The molecule has 3 heterocycles. The summed E-state index contributed by atoms with van der Waals surface area (Å²) in [6.45, 7) is 6.69. The van der Waals surface area contributed by atoms with E-state index in [0.717, 1.165) is 43.3 Å². The molecule has 0 amide bonds. The van der Waals surface area contributed by atoms with Gasteiger partial charge in [0.05, 0.1) is 48.2 Å². The summed E-state index contributed by atoms with van der Waals surface area (Å²) in [5.41, 5.74) is 2.96. The lowest BCUT2D eigenvalue weighted by Crippen LogP contribution is -2.52. The van der Waals surface area contributed by atoms with Crippen LogP contribution in [-0.4, -0.2) is 93.5 Å². The lowest BCUT2D eigenvalue weighted by molar-refractivity contribution is 0.0981. The second-order valence-corrected chi connectivity index (χ2v) is 11.2. The van der Waals surface area contributed by atoms with E-state index in [1.54, 1.807) is 25.6 Å². The smallest absolute Gasteiger partial charge is 0.227 e. The SMILES string of the molecule is COc1cc(Nc2ncc(C#Cc3c(Cl)c(OC)cc(OC)c3Cl)cn2)ccc1N1CCC(N2CCN(C)CC2)CC1. The maximum absolute atomic E-state index is 6.43. The Labute approximate surface area is 257 Å². The van der Waals surface area contributed by atoms with Crippen molar-refractivity contribution in [1.29, 1.82) is 0 Å². The van der Waals surface area contributed by atoms with Crippen molar-refractivity contribution in [2.75, 3.05) is 77.9 Å². The predicted molar refractivity (Wildman–Crippen MR) is 168 cm³/mol. The number of nitrogens with zero attached hydrogens (tertiary/aromatic N) is 5. The van der Waals surface area contributed by atoms with Crippen LogP contribution in [0, 0.1) is 11.8 Å². The van der Waals surface area contributed by atoms with Gasteiger partial charge >= 0.3 is 0 Å². The number of nitrogens with one attached hydrogen (secondary N) is 1. The van der Waals surface area contributed by atoms with Gasteiger partial charge in [-0.2, -0.15) is 0 Å². The van der Waals surface area contributed by atoms with Crippen LogP contribution in [0.25, 0.3) is 0 Å². The molecule has 2 fully saturated rings. The fourth-order valence-electron chi connectivity index (χ4n) is 5.39. The highest BCUT2D eigenvalue weighted by atomic mass is 35.5. The zero-order valence-corrected chi connectivity index (χ0v) is 25.9. The average Bonchev–Trinajstić information content (AvgIpc) is 3.02. The number of aromatic nitrogens is 2. The monoisotopic (exact) mass is 610 g/mol. The molecule has 42 heavy (non-hydrogen) atoms. The molecule has 0 atom stereocenters. The third kappa shape index (κ3) is 6.79. The minimum absolute atomic E-state index is 0.312. The highest BCUT2D eigenvalue weighted by Crippen LogP contribution is 2.40. The van der Waals surface area contributed by atoms with Crippen molar-refractivity contribution < 1.29 is 14.2 Å². The zero-order valence-electron chi connectivity index (χ0n) is 24.4. The van der Waals surface area contributed by atoms with E-state index in [1.165, 1.54) is 40.2 Å². The van der Waals surface area contributed by atoms with Gasteiger partial charge in [-0.05, 0) is 32.0 Å². The Morgan fingerprint density at radius 2 is 1.43 bits per heavy atom. The molecule has 2 aliphatic heterocycles. The van der Waals surface area contributed by atoms with E-state index in [0.29, 0.717) is 44.7 Å². The maximum Gasteiger partial charge on any atom is 0.227 e. The summed E-state index contributed by atoms with van der Waals surface area (Å²) in [5.74, 6) is 8.12. The molecular weight excluding hydrogens is 575 g/mol. The second-order valence-electron chi connectivity index (χ2n) is 10.4. The van der Waals surface area contributed by atoms with Crippen molar-refractivity contribution in [3.05, 3.63) is 57.8 Å². The highest BCUT2D eigenvalue weighted by Gasteiger charge is 2.27. The molecule has 1 aromatic heterocycles. The standard InChI is InChI=1S/C31H36Cl2N6O3/c1-37-13-15-38(16-14-37)23-9-11-39(12-10-23)25-8-6-22(17-26(25)40-2)36-31-34-19-21(20-35-31)5-7-24-29(32)27(41-3)18-28(42-4)30(24)33/h6,8,17-20,23H,9-16H2,1-4H3,(H,34,35,36). The number of hydrogen-bond donors (Lipinski definition) is 1.